The van der Waals surface area contributed by atoms with Crippen LogP contribution >= 0.6 is 38.9 Å². The van der Waals surface area contributed by atoms with Gasteiger partial charge in [-0.3, -0.25) is 0 Å². The molecule has 0 amide bonds. The van der Waals surface area contributed by atoms with Gasteiger partial charge < -0.3 is 10.3 Å². The molecule has 0 aliphatic carbocycles. The molecule has 0 unspecified atom stereocenters. The molecule has 18 heavy (non-hydrogen) atoms. The number of hydrogen-bond acceptors (Lipinski definition) is 5. The number of hydrogen-bond donors (Lipinski definition) is 2. The minimum atomic E-state index is 0.182. The SMILES string of the molecule is Clc1nc(NCc2ccsc2Br)c2[nH]cnc2n1. The first kappa shape index (κ1) is 11.9. The van der Waals surface area contributed by atoms with Crippen LogP contribution in [0.4, 0.5) is 5.82 Å². The van der Waals surface area contributed by atoms with E-state index < -0.39 is 0 Å². The van der Waals surface area contributed by atoms with E-state index in [9.17, 15) is 0 Å². The number of rotatable bonds is 3. The lowest BCUT2D eigenvalue weighted by molar-refractivity contribution is 1.10. The van der Waals surface area contributed by atoms with Crippen molar-refractivity contribution in [2.45, 2.75) is 6.54 Å². The zero-order valence-electron chi connectivity index (χ0n) is 8.94. The van der Waals surface area contributed by atoms with E-state index in [1.165, 1.54) is 5.56 Å². The van der Waals surface area contributed by atoms with Crippen LogP contribution in [0.15, 0.2) is 21.6 Å². The molecule has 0 aromatic carbocycles. The van der Waals surface area contributed by atoms with Crippen LogP contribution in [0.2, 0.25) is 5.28 Å². The summed E-state index contributed by atoms with van der Waals surface area (Å²) < 4.78 is 1.11. The van der Waals surface area contributed by atoms with Crippen molar-refractivity contribution in [3.63, 3.8) is 0 Å². The molecule has 0 aliphatic heterocycles. The summed E-state index contributed by atoms with van der Waals surface area (Å²) in [6.07, 6.45) is 1.57. The number of nitrogens with zero attached hydrogens (tertiary/aromatic N) is 3. The third-order valence-corrected chi connectivity index (χ3v) is 4.38. The van der Waals surface area contributed by atoms with E-state index in [0.717, 1.165) is 9.30 Å². The summed E-state index contributed by atoms with van der Waals surface area (Å²) in [5.74, 6) is 0.653. The predicted molar refractivity (Wildman–Crippen MR) is 76.0 cm³/mol. The van der Waals surface area contributed by atoms with Gasteiger partial charge in [-0.1, -0.05) is 0 Å². The van der Waals surface area contributed by atoms with Crippen molar-refractivity contribution in [3.05, 3.63) is 32.4 Å². The first-order valence-electron chi connectivity index (χ1n) is 5.06. The summed E-state index contributed by atoms with van der Waals surface area (Å²) in [6, 6.07) is 2.05. The number of thiophene rings is 1. The molecule has 5 nitrogen and oxygen atoms in total. The van der Waals surface area contributed by atoms with E-state index >= 15 is 0 Å². The second-order valence-electron chi connectivity index (χ2n) is 3.52. The molecular formula is C10H7BrClN5S. The summed E-state index contributed by atoms with van der Waals surface area (Å²) >= 11 is 11.0. The number of fused-ring (bicyclic) bond motifs is 1. The molecule has 0 atom stereocenters. The Kier molecular flexibility index (Phi) is 3.19. The van der Waals surface area contributed by atoms with Gasteiger partial charge in [0.15, 0.2) is 11.5 Å². The molecule has 0 saturated carbocycles. The number of anilines is 1. The quantitative estimate of drug-likeness (QED) is 0.714. The number of aromatic nitrogens is 4. The lowest BCUT2D eigenvalue weighted by Gasteiger charge is -2.05. The topological polar surface area (TPSA) is 66.5 Å². The van der Waals surface area contributed by atoms with Gasteiger partial charge in [0, 0.05) is 6.54 Å². The molecule has 3 aromatic heterocycles. The summed E-state index contributed by atoms with van der Waals surface area (Å²) in [5.41, 5.74) is 2.48. The monoisotopic (exact) mass is 343 g/mol. The van der Waals surface area contributed by atoms with E-state index in [4.69, 9.17) is 11.6 Å². The third-order valence-electron chi connectivity index (χ3n) is 2.40. The van der Waals surface area contributed by atoms with E-state index in [1.807, 2.05) is 5.38 Å². The van der Waals surface area contributed by atoms with Gasteiger partial charge in [0.2, 0.25) is 5.28 Å². The van der Waals surface area contributed by atoms with Gasteiger partial charge in [-0.15, -0.1) is 11.3 Å². The standard InChI is InChI=1S/C10H7BrClN5S/c11-7-5(1-2-18-7)3-13-8-6-9(15-4-14-6)17-10(12)16-8/h1-2,4H,3H2,(H2,13,14,15,16,17). The predicted octanol–water partition coefficient (Wildman–Crippen LogP) is 3.44. The van der Waals surface area contributed by atoms with Crippen LogP contribution in [-0.4, -0.2) is 19.9 Å². The second-order valence-corrected chi connectivity index (χ2v) is 6.09. The Morgan fingerprint density at radius 3 is 3.11 bits per heavy atom. The van der Waals surface area contributed by atoms with Crippen molar-refractivity contribution in [2.24, 2.45) is 0 Å². The molecule has 0 fully saturated rings. The van der Waals surface area contributed by atoms with Crippen LogP contribution in [0.25, 0.3) is 11.2 Å². The maximum absolute atomic E-state index is 5.85. The molecule has 3 aromatic rings. The Hall–Kier alpha value is -1.18. The summed E-state index contributed by atoms with van der Waals surface area (Å²) in [5, 5.41) is 5.44. The number of halogens is 2. The fourth-order valence-electron chi connectivity index (χ4n) is 1.56. The van der Waals surface area contributed by atoms with Gasteiger partial charge in [0.05, 0.1) is 10.1 Å². The third kappa shape index (κ3) is 2.21. The lowest BCUT2D eigenvalue weighted by atomic mass is 10.3. The summed E-state index contributed by atoms with van der Waals surface area (Å²) in [6.45, 7) is 0.658. The smallest absolute Gasteiger partial charge is 0.226 e. The van der Waals surface area contributed by atoms with Gasteiger partial charge in [-0.25, -0.2) is 4.98 Å². The van der Waals surface area contributed by atoms with Crippen molar-refractivity contribution >= 4 is 55.8 Å². The summed E-state index contributed by atoms with van der Waals surface area (Å²) in [4.78, 5) is 15.2. The Labute approximate surface area is 120 Å². The van der Waals surface area contributed by atoms with Gasteiger partial charge >= 0.3 is 0 Å². The lowest BCUT2D eigenvalue weighted by Crippen LogP contribution is -2.02. The zero-order chi connectivity index (χ0) is 12.5. The average Bonchev–Trinajstić information content (AvgIpc) is 2.94. The molecule has 0 saturated heterocycles. The maximum Gasteiger partial charge on any atom is 0.226 e. The van der Waals surface area contributed by atoms with Crippen LogP contribution in [0.3, 0.4) is 0 Å². The van der Waals surface area contributed by atoms with Crippen molar-refractivity contribution in [2.75, 3.05) is 5.32 Å². The van der Waals surface area contributed by atoms with E-state index in [-0.39, 0.29) is 5.28 Å². The van der Waals surface area contributed by atoms with Gasteiger partial charge in [-0.05, 0) is 44.5 Å². The summed E-state index contributed by atoms with van der Waals surface area (Å²) in [7, 11) is 0. The molecule has 3 rings (SSSR count). The van der Waals surface area contributed by atoms with E-state index in [1.54, 1.807) is 17.7 Å². The molecule has 2 N–H and O–H groups in total. The largest absolute Gasteiger partial charge is 0.364 e. The average molecular weight is 345 g/mol. The van der Waals surface area contributed by atoms with Crippen molar-refractivity contribution in [3.8, 4) is 0 Å². The fraction of sp³-hybridized carbons (Fsp3) is 0.100. The number of aromatic amines is 1. The maximum atomic E-state index is 5.85. The van der Waals surface area contributed by atoms with Crippen LogP contribution in [0.1, 0.15) is 5.56 Å². The molecular weight excluding hydrogens is 338 g/mol. The van der Waals surface area contributed by atoms with Gasteiger partial charge in [-0.2, -0.15) is 9.97 Å². The highest BCUT2D eigenvalue weighted by Gasteiger charge is 2.09. The first-order chi connectivity index (χ1) is 8.74. The highest BCUT2D eigenvalue weighted by atomic mass is 79.9. The van der Waals surface area contributed by atoms with Crippen LogP contribution in [0.5, 0.6) is 0 Å². The molecule has 0 spiro atoms. The first-order valence-corrected chi connectivity index (χ1v) is 7.11. The molecule has 8 heteroatoms. The molecule has 0 aliphatic rings. The number of imidazole rings is 1. The second kappa shape index (κ2) is 4.83. The van der Waals surface area contributed by atoms with E-state index in [0.29, 0.717) is 18.0 Å². The number of nitrogens with one attached hydrogen (secondary N) is 2. The van der Waals surface area contributed by atoms with Crippen LogP contribution in [-0.2, 0) is 6.54 Å². The minimum absolute atomic E-state index is 0.182. The Morgan fingerprint density at radius 2 is 2.33 bits per heavy atom. The zero-order valence-corrected chi connectivity index (χ0v) is 12.1. The molecule has 92 valence electrons. The Bertz CT molecular complexity index is 694. The number of H-pyrrole nitrogens is 1. The normalized spacial score (nSPS) is 11.0. The van der Waals surface area contributed by atoms with Crippen LogP contribution in [0, 0.1) is 0 Å². The van der Waals surface area contributed by atoms with Crippen molar-refractivity contribution in [1.29, 1.82) is 0 Å². The molecule has 0 bridgehead atoms. The molecule has 3 heterocycles. The van der Waals surface area contributed by atoms with Crippen molar-refractivity contribution in [1.82, 2.24) is 19.9 Å². The molecule has 0 radical (unpaired) electrons. The highest BCUT2D eigenvalue weighted by Crippen LogP contribution is 2.25. The Morgan fingerprint density at radius 1 is 1.44 bits per heavy atom. The fourth-order valence-corrected chi connectivity index (χ4v) is 2.96. The van der Waals surface area contributed by atoms with E-state index in [2.05, 4.69) is 47.2 Å². The Balaban J connectivity index is 1.90. The highest BCUT2D eigenvalue weighted by molar-refractivity contribution is 9.11. The van der Waals surface area contributed by atoms with Crippen LogP contribution < -0.4 is 5.32 Å². The minimum Gasteiger partial charge on any atom is -0.364 e. The van der Waals surface area contributed by atoms with Crippen molar-refractivity contribution < 1.29 is 0 Å². The van der Waals surface area contributed by atoms with Gasteiger partial charge in [0.25, 0.3) is 0 Å². The van der Waals surface area contributed by atoms with Gasteiger partial charge in [0.1, 0.15) is 5.52 Å².